The third-order valence-corrected chi connectivity index (χ3v) is 0.670. The summed E-state index contributed by atoms with van der Waals surface area (Å²) in [4.78, 5) is 4.27. The van der Waals surface area contributed by atoms with Gasteiger partial charge < -0.3 is 16.4 Å². The van der Waals surface area contributed by atoms with Crippen LogP contribution in [0.15, 0.2) is 10.3 Å². The lowest BCUT2D eigenvalue weighted by Gasteiger charge is -1.91. The fourth-order valence-electron chi connectivity index (χ4n) is 0.277. The molecule has 0 aromatic heterocycles. The molecule has 0 atom stereocenters. The lowest BCUT2D eigenvalue weighted by atomic mass is 10.4. The van der Waals surface area contributed by atoms with Gasteiger partial charge in [0, 0.05) is 0 Å². The highest BCUT2D eigenvalue weighted by atomic mass is 16.6. The van der Waals surface area contributed by atoms with Gasteiger partial charge in [-0.05, 0) is 0 Å². The molecule has 0 aromatic carbocycles. The summed E-state index contributed by atoms with van der Waals surface area (Å²) in [6.45, 7) is 0. The van der Waals surface area contributed by atoms with E-state index in [1.165, 1.54) is 7.11 Å². The Morgan fingerprint density at radius 3 is 2.60 bits per heavy atom. The molecule has 0 spiro atoms. The van der Waals surface area contributed by atoms with Gasteiger partial charge in [-0.2, -0.15) is 10.4 Å². The lowest BCUT2D eigenvalue weighted by molar-refractivity contribution is 0.214. The first-order chi connectivity index (χ1) is 4.76. The highest BCUT2D eigenvalue weighted by Crippen LogP contribution is 1.76. The zero-order chi connectivity index (χ0) is 7.98. The maximum absolute atomic E-state index is 8.28. The van der Waals surface area contributed by atoms with Crippen LogP contribution in [0.4, 0.5) is 0 Å². The van der Waals surface area contributed by atoms with E-state index >= 15 is 0 Å². The number of hydrogen-bond donors (Lipinski definition) is 2. The first-order valence-electron chi connectivity index (χ1n) is 2.31. The van der Waals surface area contributed by atoms with Crippen molar-refractivity contribution in [2.75, 3.05) is 7.11 Å². The molecule has 0 saturated heterocycles. The minimum absolute atomic E-state index is 0.134. The van der Waals surface area contributed by atoms with Crippen molar-refractivity contribution in [1.82, 2.24) is 0 Å². The second-order valence-electron chi connectivity index (χ2n) is 1.25. The van der Waals surface area contributed by atoms with E-state index in [4.69, 9.17) is 16.8 Å². The molecule has 0 radical (unpaired) electrons. The maximum Gasteiger partial charge on any atom is 0.223 e. The van der Waals surface area contributed by atoms with Gasteiger partial charge in [0.2, 0.25) is 5.71 Å². The van der Waals surface area contributed by atoms with E-state index in [0.29, 0.717) is 0 Å². The molecular weight excluding hydrogens is 134 g/mol. The molecule has 0 bridgehead atoms. The van der Waals surface area contributed by atoms with Crippen molar-refractivity contribution in [3.05, 3.63) is 0 Å². The van der Waals surface area contributed by atoms with E-state index < -0.39 is 0 Å². The number of amidine groups is 1. The third-order valence-electron chi connectivity index (χ3n) is 0.670. The summed E-state index contributed by atoms with van der Waals surface area (Å²) < 4.78 is 0. The fourth-order valence-corrected chi connectivity index (χ4v) is 0.277. The molecular formula is C4H7N5O. The molecule has 6 nitrogen and oxygen atoms in total. The van der Waals surface area contributed by atoms with Crippen LogP contribution in [0.25, 0.3) is 0 Å². The van der Waals surface area contributed by atoms with Gasteiger partial charge in [-0.1, -0.05) is 5.16 Å². The van der Waals surface area contributed by atoms with Gasteiger partial charge in [-0.15, -0.1) is 0 Å². The van der Waals surface area contributed by atoms with E-state index in [1.807, 2.05) is 0 Å². The molecule has 54 valence electrons. The predicted octanol–water partition coefficient (Wildman–Crippen LogP) is -1.26. The second kappa shape index (κ2) is 4.14. The summed E-state index contributed by atoms with van der Waals surface area (Å²) >= 11 is 0. The van der Waals surface area contributed by atoms with E-state index in [-0.39, 0.29) is 11.5 Å². The van der Waals surface area contributed by atoms with Crippen LogP contribution in [0.1, 0.15) is 0 Å². The van der Waals surface area contributed by atoms with Crippen LogP contribution < -0.4 is 11.6 Å². The van der Waals surface area contributed by atoms with Crippen molar-refractivity contribution < 1.29 is 4.84 Å². The van der Waals surface area contributed by atoms with Crippen molar-refractivity contribution in [1.29, 1.82) is 5.26 Å². The molecule has 4 N–H and O–H groups in total. The van der Waals surface area contributed by atoms with E-state index in [2.05, 4.69) is 15.1 Å². The van der Waals surface area contributed by atoms with Crippen molar-refractivity contribution in [3.8, 4) is 6.07 Å². The summed E-state index contributed by atoms with van der Waals surface area (Å²) in [6.07, 6.45) is 0. The second-order valence-corrected chi connectivity index (χ2v) is 1.25. The van der Waals surface area contributed by atoms with Gasteiger partial charge in [0.05, 0.1) is 0 Å². The molecule has 6 heteroatoms. The Morgan fingerprint density at radius 2 is 2.30 bits per heavy atom. The summed E-state index contributed by atoms with van der Waals surface area (Å²) in [7, 11) is 1.29. The fraction of sp³-hybridized carbons (Fsp3) is 0.250. The van der Waals surface area contributed by atoms with E-state index in [0.717, 1.165) is 0 Å². The molecule has 0 fully saturated rings. The number of nitriles is 1. The van der Waals surface area contributed by atoms with Crippen LogP contribution in [0.3, 0.4) is 0 Å². The number of nitrogens with two attached hydrogens (primary N) is 2. The molecule has 0 aromatic rings. The normalized spacial score (nSPS) is 12.4. The Bertz CT molecular complexity index is 200. The Kier molecular flexibility index (Phi) is 3.41. The minimum atomic E-state index is -0.149. The Morgan fingerprint density at radius 1 is 1.70 bits per heavy atom. The highest BCUT2D eigenvalue weighted by molar-refractivity contribution is 6.46. The van der Waals surface area contributed by atoms with Crippen LogP contribution in [0.2, 0.25) is 0 Å². The predicted molar refractivity (Wildman–Crippen MR) is 35.9 cm³/mol. The zero-order valence-electron chi connectivity index (χ0n) is 5.40. The molecule has 10 heavy (non-hydrogen) atoms. The summed E-state index contributed by atoms with van der Waals surface area (Å²) in [5.41, 5.74) is 4.97. The molecule has 0 heterocycles. The van der Waals surface area contributed by atoms with Gasteiger partial charge in [0.15, 0.2) is 5.84 Å². The monoisotopic (exact) mass is 141 g/mol. The summed E-state index contributed by atoms with van der Waals surface area (Å²) in [6, 6.07) is 1.64. The van der Waals surface area contributed by atoms with Gasteiger partial charge in [0.25, 0.3) is 0 Å². The lowest BCUT2D eigenvalue weighted by Crippen LogP contribution is -2.24. The van der Waals surface area contributed by atoms with Crippen LogP contribution in [-0.4, -0.2) is 18.7 Å². The third kappa shape index (κ3) is 2.00. The standard InChI is InChI=1S/C4H7N5O/c1-10-9-3(2-5)4(6)8-7/h7H2,1H3,(H2,6,8)/b9-3-. The first kappa shape index (κ1) is 8.23. The number of rotatable bonds is 2. The van der Waals surface area contributed by atoms with Crippen molar-refractivity contribution in [2.45, 2.75) is 0 Å². The van der Waals surface area contributed by atoms with Gasteiger partial charge in [0.1, 0.15) is 13.2 Å². The number of hydrazone groups is 1. The molecule has 0 rings (SSSR count). The quantitative estimate of drug-likeness (QED) is 0.216. The number of nitrogens with zero attached hydrogens (tertiary/aromatic N) is 3. The van der Waals surface area contributed by atoms with Crippen molar-refractivity contribution >= 4 is 11.5 Å². The molecule has 0 unspecified atom stereocenters. The average molecular weight is 141 g/mol. The summed E-state index contributed by atoms with van der Waals surface area (Å²) in [5, 5.41) is 14.6. The Balaban J connectivity index is 4.41. The van der Waals surface area contributed by atoms with Gasteiger partial charge in [-0.3, -0.25) is 0 Å². The Labute approximate surface area is 57.7 Å². The molecule has 0 aliphatic heterocycles. The van der Waals surface area contributed by atoms with Gasteiger partial charge in [-0.25, -0.2) is 0 Å². The average Bonchev–Trinajstić information content (AvgIpc) is 1.99. The number of hydrogen-bond acceptors (Lipinski definition) is 5. The topological polar surface area (TPSA) is 110 Å². The minimum Gasteiger partial charge on any atom is -0.398 e. The van der Waals surface area contributed by atoms with E-state index in [1.54, 1.807) is 6.07 Å². The first-order valence-corrected chi connectivity index (χ1v) is 2.31. The smallest absolute Gasteiger partial charge is 0.223 e. The zero-order valence-corrected chi connectivity index (χ0v) is 5.40. The van der Waals surface area contributed by atoms with E-state index in [9.17, 15) is 0 Å². The maximum atomic E-state index is 8.28. The van der Waals surface area contributed by atoms with Crippen LogP contribution in [0, 0.1) is 11.3 Å². The molecule has 0 aliphatic rings. The molecule has 0 amide bonds. The largest absolute Gasteiger partial charge is 0.398 e. The van der Waals surface area contributed by atoms with Crippen LogP contribution >= 0.6 is 0 Å². The molecule has 0 saturated carbocycles. The van der Waals surface area contributed by atoms with Gasteiger partial charge >= 0.3 is 0 Å². The highest BCUT2D eigenvalue weighted by Gasteiger charge is 2.02. The molecule has 0 aliphatic carbocycles. The summed E-state index contributed by atoms with van der Waals surface area (Å²) in [5.74, 6) is 4.61. The van der Waals surface area contributed by atoms with Crippen LogP contribution in [0.5, 0.6) is 0 Å². The number of oxime groups is 1. The van der Waals surface area contributed by atoms with Crippen molar-refractivity contribution in [2.24, 2.45) is 21.8 Å². The van der Waals surface area contributed by atoms with Crippen LogP contribution in [-0.2, 0) is 4.84 Å². The SMILES string of the molecule is CO/N=C(C#N)\C(N)=N\N. The Hall–Kier alpha value is -1.77. The van der Waals surface area contributed by atoms with Crippen molar-refractivity contribution in [3.63, 3.8) is 0 Å².